The van der Waals surface area contributed by atoms with Gasteiger partial charge in [0.05, 0.1) is 4.90 Å². The molecule has 0 aliphatic heterocycles. The molecule has 0 bridgehead atoms. The molecule has 0 heterocycles. The van der Waals surface area contributed by atoms with Crippen molar-refractivity contribution in [1.82, 2.24) is 0 Å². The van der Waals surface area contributed by atoms with E-state index in [1.54, 1.807) is 18.2 Å². The van der Waals surface area contributed by atoms with Crippen molar-refractivity contribution in [3.8, 4) is 0 Å². The minimum Gasteiger partial charge on any atom is -0.325 e. The minimum absolute atomic E-state index is 0.101. The summed E-state index contributed by atoms with van der Waals surface area (Å²) in [7, 11) is -3.68. The van der Waals surface area contributed by atoms with Crippen molar-refractivity contribution in [1.29, 1.82) is 0 Å². The number of nitrogens with one attached hydrogen (secondary N) is 1. The molecule has 0 saturated heterocycles. The largest absolute Gasteiger partial charge is 0.325 e. The lowest BCUT2D eigenvalue weighted by atomic mass is 10.3. The van der Waals surface area contributed by atoms with Crippen LogP contribution in [0.2, 0.25) is 10.0 Å². The smallest absolute Gasteiger partial charge is 0.239 e. The molecule has 0 fully saturated rings. The molecule has 0 aromatic heterocycles. The monoisotopic (exact) mass is 343 g/mol. The summed E-state index contributed by atoms with van der Waals surface area (Å²) < 4.78 is 24.1. The van der Waals surface area contributed by atoms with E-state index in [1.165, 1.54) is 30.3 Å². The lowest BCUT2D eigenvalue weighted by Gasteiger charge is -2.07. The molecule has 2 aromatic carbocycles. The van der Waals surface area contributed by atoms with Gasteiger partial charge in [-0.25, -0.2) is 8.42 Å². The normalized spacial score (nSPS) is 11.1. The fourth-order valence-electron chi connectivity index (χ4n) is 1.71. The Balaban J connectivity index is 2.11. The van der Waals surface area contributed by atoms with E-state index in [4.69, 9.17) is 23.2 Å². The first-order valence-corrected chi connectivity index (χ1v) is 8.31. The van der Waals surface area contributed by atoms with Gasteiger partial charge in [-0.15, -0.1) is 0 Å². The third-order valence-electron chi connectivity index (χ3n) is 2.57. The topological polar surface area (TPSA) is 63.2 Å². The van der Waals surface area contributed by atoms with Gasteiger partial charge in [-0.1, -0.05) is 41.4 Å². The number of amides is 1. The molecule has 0 unspecified atom stereocenters. The third-order valence-corrected chi connectivity index (χ3v) is 4.64. The van der Waals surface area contributed by atoms with E-state index in [1.807, 2.05) is 0 Å². The average molecular weight is 344 g/mol. The highest BCUT2D eigenvalue weighted by Gasteiger charge is 2.19. The Morgan fingerprint density at radius 3 is 2.14 bits per heavy atom. The van der Waals surface area contributed by atoms with E-state index >= 15 is 0 Å². The highest BCUT2D eigenvalue weighted by Crippen LogP contribution is 2.22. The lowest BCUT2D eigenvalue weighted by molar-refractivity contribution is -0.113. The Kier molecular flexibility index (Phi) is 4.88. The maximum Gasteiger partial charge on any atom is 0.239 e. The van der Waals surface area contributed by atoms with Crippen LogP contribution in [0.25, 0.3) is 0 Å². The molecule has 1 amide bonds. The second kappa shape index (κ2) is 6.47. The third kappa shape index (κ3) is 4.46. The number of carbonyl (C=O) groups is 1. The highest BCUT2D eigenvalue weighted by molar-refractivity contribution is 7.92. The Labute approximate surface area is 132 Å². The summed E-state index contributed by atoms with van der Waals surface area (Å²) in [6.45, 7) is 0. The van der Waals surface area contributed by atoms with Crippen LogP contribution in [0.1, 0.15) is 0 Å². The van der Waals surface area contributed by atoms with Crippen molar-refractivity contribution in [2.45, 2.75) is 4.90 Å². The van der Waals surface area contributed by atoms with E-state index in [2.05, 4.69) is 5.32 Å². The van der Waals surface area contributed by atoms with Crippen LogP contribution in [0.15, 0.2) is 53.4 Å². The number of rotatable bonds is 4. The first-order valence-electron chi connectivity index (χ1n) is 5.90. The minimum atomic E-state index is -3.68. The standard InChI is InChI=1S/C14H11Cl2NO3S/c15-10-6-11(16)8-12(7-10)17-14(18)9-21(19,20)13-4-2-1-3-5-13/h1-8H,9H2,(H,17,18). The molecule has 4 nitrogen and oxygen atoms in total. The molecule has 0 aliphatic rings. The molecule has 0 aliphatic carbocycles. The molecule has 1 N–H and O–H groups in total. The van der Waals surface area contributed by atoms with Gasteiger partial charge in [-0.05, 0) is 30.3 Å². The Morgan fingerprint density at radius 2 is 1.57 bits per heavy atom. The molecular weight excluding hydrogens is 333 g/mol. The highest BCUT2D eigenvalue weighted by atomic mass is 35.5. The molecule has 110 valence electrons. The molecule has 0 saturated carbocycles. The zero-order valence-electron chi connectivity index (χ0n) is 10.7. The van der Waals surface area contributed by atoms with Crippen molar-refractivity contribution < 1.29 is 13.2 Å². The van der Waals surface area contributed by atoms with Crippen LogP contribution in [0.3, 0.4) is 0 Å². The molecule has 0 spiro atoms. The molecule has 2 rings (SSSR count). The Hall–Kier alpha value is -1.56. The van der Waals surface area contributed by atoms with E-state index in [0.717, 1.165) is 0 Å². The van der Waals surface area contributed by atoms with Crippen molar-refractivity contribution in [3.63, 3.8) is 0 Å². The van der Waals surface area contributed by atoms with Gasteiger partial charge in [0.1, 0.15) is 5.75 Å². The van der Waals surface area contributed by atoms with Crippen molar-refractivity contribution >= 4 is 44.6 Å². The van der Waals surface area contributed by atoms with Gasteiger partial charge in [0.25, 0.3) is 0 Å². The summed E-state index contributed by atoms with van der Waals surface area (Å²) in [6, 6.07) is 12.3. The van der Waals surface area contributed by atoms with E-state index in [0.29, 0.717) is 15.7 Å². The Bertz CT molecular complexity index is 741. The van der Waals surface area contributed by atoms with Crippen molar-refractivity contribution in [2.24, 2.45) is 0 Å². The summed E-state index contributed by atoms with van der Waals surface area (Å²) in [4.78, 5) is 11.9. The second-order valence-electron chi connectivity index (χ2n) is 4.28. The maximum atomic E-state index is 12.1. The first-order chi connectivity index (χ1) is 9.87. The molecule has 2 aromatic rings. The van der Waals surface area contributed by atoms with Crippen LogP contribution in [0.5, 0.6) is 0 Å². The van der Waals surface area contributed by atoms with E-state index in [-0.39, 0.29) is 4.90 Å². The van der Waals surface area contributed by atoms with Crippen LogP contribution in [0, 0.1) is 0 Å². The number of carbonyl (C=O) groups excluding carboxylic acids is 1. The number of anilines is 1. The zero-order chi connectivity index (χ0) is 15.5. The van der Waals surface area contributed by atoms with Crippen molar-refractivity contribution in [2.75, 3.05) is 11.1 Å². The van der Waals surface area contributed by atoms with Crippen LogP contribution < -0.4 is 5.32 Å². The van der Waals surface area contributed by atoms with Crippen molar-refractivity contribution in [3.05, 3.63) is 58.6 Å². The Morgan fingerprint density at radius 1 is 1.00 bits per heavy atom. The molecule has 7 heteroatoms. The second-order valence-corrected chi connectivity index (χ2v) is 7.14. The fraction of sp³-hybridized carbons (Fsp3) is 0.0714. The lowest BCUT2D eigenvalue weighted by Crippen LogP contribution is -2.23. The summed E-state index contributed by atoms with van der Waals surface area (Å²) >= 11 is 11.6. The van der Waals surface area contributed by atoms with Gasteiger partial charge in [0, 0.05) is 15.7 Å². The van der Waals surface area contributed by atoms with Gasteiger partial charge < -0.3 is 5.32 Å². The summed E-state index contributed by atoms with van der Waals surface area (Å²) in [5.74, 6) is -1.31. The quantitative estimate of drug-likeness (QED) is 0.925. The van der Waals surface area contributed by atoms with Crippen LogP contribution in [-0.2, 0) is 14.6 Å². The van der Waals surface area contributed by atoms with E-state index < -0.39 is 21.5 Å². The number of hydrogen-bond acceptors (Lipinski definition) is 3. The van der Waals surface area contributed by atoms with Crippen LogP contribution in [-0.4, -0.2) is 20.1 Å². The molecule has 0 atom stereocenters. The molecular formula is C14H11Cl2NO3S. The number of halogens is 2. The predicted octanol–water partition coefficient (Wildman–Crippen LogP) is 3.41. The van der Waals surface area contributed by atoms with Crippen LogP contribution in [0.4, 0.5) is 5.69 Å². The fourth-order valence-corrected chi connectivity index (χ4v) is 3.39. The van der Waals surface area contributed by atoms with Gasteiger partial charge in [0.15, 0.2) is 9.84 Å². The van der Waals surface area contributed by atoms with Gasteiger partial charge in [0.2, 0.25) is 5.91 Å². The van der Waals surface area contributed by atoms with Gasteiger partial charge >= 0.3 is 0 Å². The summed E-state index contributed by atoms with van der Waals surface area (Å²) in [6.07, 6.45) is 0. The summed E-state index contributed by atoms with van der Waals surface area (Å²) in [5, 5.41) is 3.16. The predicted molar refractivity (Wildman–Crippen MR) is 83.6 cm³/mol. The van der Waals surface area contributed by atoms with Gasteiger partial charge in [-0.3, -0.25) is 4.79 Å². The SMILES string of the molecule is O=C(CS(=O)(=O)c1ccccc1)Nc1cc(Cl)cc(Cl)c1. The number of hydrogen-bond donors (Lipinski definition) is 1. The zero-order valence-corrected chi connectivity index (χ0v) is 13.0. The molecule has 21 heavy (non-hydrogen) atoms. The average Bonchev–Trinajstić information content (AvgIpc) is 2.37. The summed E-state index contributed by atoms with van der Waals surface area (Å²) in [5.41, 5.74) is 0.348. The number of benzene rings is 2. The van der Waals surface area contributed by atoms with Gasteiger partial charge in [-0.2, -0.15) is 0 Å². The molecule has 0 radical (unpaired) electrons. The first kappa shape index (κ1) is 15.8. The number of sulfone groups is 1. The van der Waals surface area contributed by atoms with E-state index in [9.17, 15) is 13.2 Å². The van der Waals surface area contributed by atoms with Crippen LogP contribution >= 0.6 is 23.2 Å². The maximum absolute atomic E-state index is 12.1.